The first-order chi connectivity index (χ1) is 9.79. The lowest BCUT2D eigenvalue weighted by molar-refractivity contribution is -0.440. The molecule has 21 heavy (non-hydrogen) atoms. The van der Waals surface area contributed by atoms with Gasteiger partial charge < -0.3 is 5.21 Å². The summed E-state index contributed by atoms with van der Waals surface area (Å²) in [7, 11) is 0. The molecule has 0 N–H and O–H groups in total. The van der Waals surface area contributed by atoms with Crippen molar-refractivity contribution in [3.63, 3.8) is 0 Å². The molecule has 0 heterocycles. The highest BCUT2D eigenvalue weighted by molar-refractivity contribution is 6.30. The highest BCUT2D eigenvalue weighted by Gasteiger charge is 2.22. The normalized spacial score (nSPS) is 11.8. The number of nitrogens with zero attached hydrogens (tertiary/aromatic N) is 2. The summed E-state index contributed by atoms with van der Waals surface area (Å²) >= 11 is 10.8. The first kappa shape index (κ1) is 15.5. The second-order valence-electron chi connectivity index (χ2n) is 3.81. The van der Waals surface area contributed by atoms with Crippen LogP contribution in [0.5, 0.6) is 0 Å². The van der Waals surface area contributed by atoms with Gasteiger partial charge in [-0.25, -0.2) is 8.78 Å². The van der Waals surface area contributed by atoms with Crippen molar-refractivity contribution in [2.75, 3.05) is 0 Å². The van der Waals surface area contributed by atoms with Gasteiger partial charge in [-0.3, -0.25) is 0 Å². The van der Waals surface area contributed by atoms with Gasteiger partial charge in [-0.2, -0.15) is 8.78 Å². The van der Waals surface area contributed by atoms with Crippen LogP contribution < -0.4 is 0 Å². The van der Waals surface area contributed by atoms with Crippen molar-refractivity contribution in [1.82, 2.24) is 0 Å². The van der Waals surface area contributed by atoms with Crippen molar-refractivity contribution in [3.05, 3.63) is 62.8 Å². The molecule has 3 nitrogen and oxygen atoms in total. The van der Waals surface area contributed by atoms with Crippen LogP contribution in [0.2, 0.25) is 10.0 Å². The third-order valence-electron chi connectivity index (χ3n) is 2.35. The Labute approximate surface area is 125 Å². The van der Waals surface area contributed by atoms with Crippen LogP contribution in [0.1, 0.15) is 0 Å². The van der Waals surface area contributed by atoms with Crippen LogP contribution >= 0.6 is 23.2 Å². The van der Waals surface area contributed by atoms with E-state index in [1.54, 1.807) is 0 Å². The van der Waals surface area contributed by atoms with E-state index in [9.17, 15) is 22.8 Å². The van der Waals surface area contributed by atoms with E-state index in [4.69, 9.17) is 23.2 Å². The topological polar surface area (TPSA) is 38.4 Å². The van der Waals surface area contributed by atoms with Gasteiger partial charge in [-0.15, -0.1) is 0 Å². The fourth-order valence-electron chi connectivity index (χ4n) is 1.49. The average molecular weight is 339 g/mol. The molecule has 0 saturated heterocycles. The number of azo groups is 1. The molecule has 0 aliphatic rings. The van der Waals surface area contributed by atoms with Gasteiger partial charge in [0.05, 0.1) is 0 Å². The van der Waals surface area contributed by atoms with Gasteiger partial charge in [0.15, 0.2) is 11.6 Å². The van der Waals surface area contributed by atoms with Gasteiger partial charge in [0.1, 0.15) is 0 Å². The highest BCUT2D eigenvalue weighted by atomic mass is 35.5. The second kappa shape index (κ2) is 5.87. The summed E-state index contributed by atoms with van der Waals surface area (Å²) in [6.07, 6.45) is 0. The second-order valence-corrected chi connectivity index (χ2v) is 4.68. The largest absolute Gasteiger partial charge is 0.594 e. The highest BCUT2D eigenvalue weighted by Crippen LogP contribution is 2.30. The molecule has 0 aliphatic carbocycles. The molecule has 110 valence electrons. The van der Waals surface area contributed by atoms with E-state index < -0.39 is 39.5 Å². The van der Waals surface area contributed by atoms with E-state index in [0.717, 1.165) is 0 Å². The van der Waals surface area contributed by atoms with Crippen LogP contribution in [-0.2, 0) is 0 Å². The molecule has 2 rings (SSSR count). The number of hydrogen-bond acceptors (Lipinski definition) is 2. The number of halogens is 6. The minimum absolute atomic E-state index is 0.259. The fraction of sp³-hybridized carbons (Fsp3) is 0. The Morgan fingerprint density at radius 1 is 0.810 bits per heavy atom. The molecule has 9 heteroatoms. The van der Waals surface area contributed by atoms with E-state index in [1.165, 1.54) is 0 Å². The predicted molar refractivity (Wildman–Crippen MR) is 68.1 cm³/mol. The Morgan fingerprint density at radius 2 is 1.19 bits per heavy atom. The summed E-state index contributed by atoms with van der Waals surface area (Å²) in [5.41, 5.74) is -2.17. The lowest BCUT2D eigenvalue weighted by Crippen LogP contribution is -1.99. The van der Waals surface area contributed by atoms with Crippen LogP contribution in [0.3, 0.4) is 0 Å². The molecule has 0 aliphatic heterocycles. The standard InChI is InChI=1S/C12H4Cl2F4N2O/c13-5-1-7(15)11(8(16)2-5)19-20(21)12-9(17)3-6(14)4-10(12)18/h1-4H. The maximum absolute atomic E-state index is 13.5. The lowest BCUT2D eigenvalue weighted by Gasteiger charge is -2.04. The molecule has 0 radical (unpaired) electrons. The molecule has 2 aromatic rings. The van der Waals surface area contributed by atoms with Gasteiger partial charge in [0, 0.05) is 15.2 Å². The molecule has 0 saturated carbocycles. The molecule has 0 amide bonds. The van der Waals surface area contributed by atoms with Gasteiger partial charge >= 0.3 is 5.69 Å². The number of hydrogen-bond donors (Lipinski definition) is 0. The smallest absolute Gasteiger partial charge is 0.315 e. The van der Waals surface area contributed by atoms with Crippen LogP contribution in [0, 0.1) is 28.5 Å². The van der Waals surface area contributed by atoms with Crippen LogP contribution in [0.15, 0.2) is 29.4 Å². The summed E-state index contributed by atoms with van der Waals surface area (Å²) in [4.78, 5) is -0.573. The van der Waals surface area contributed by atoms with E-state index in [0.29, 0.717) is 24.3 Å². The van der Waals surface area contributed by atoms with Crippen molar-refractivity contribution in [2.45, 2.75) is 0 Å². The van der Waals surface area contributed by atoms with Gasteiger partial charge in [-0.05, 0) is 29.1 Å². The summed E-state index contributed by atoms with van der Waals surface area (Å²) in [5, 5.41) is 14.0. The lowest BCUT2D eigenvalue weighted by atomic mass is 10.3. The maximum atomic E-state index is 13.5. The Balaban J connectivity index is 2.58. The summed E-state index contributed by atoms with van der Waals surface area (Å²) in [6.45, 7) is 0. The summed E-state index contributed by atoms with van der Waals surface area (Å²) in [5.74, 6) is -5.16. The number of rotatable bonds is 2. The molecule has 0 fully saturated rings. The maximum Gasteiger partial charge on any atom is 0.315 e. The SMILES string of the molecule is [O-][N+](=Nc1c(F)cc(Cl)cc1F)c1c(F)cc(Cl)cc1F. The van der Waals surface area contributed by atoms with Crippen molar-refractivity contribution < 1.29 is 22.4 Å². The Morgan fingerprint density at radius 3 is 1.62 bits per heavy atom. The van der Waals surface area contributed by atoms with Crippen molar-refractivity contribution in [1.29, 1.82) is 0 Å². The monoisotopic (exact) mass is 338 g/mol. The third-order valence-corrected chi connectivity index (χ3v) is 2.78. The molecule has 0 spiro atoms. The van der Waals surface area contributed by atoms with E-state index in [1.807, 2.05) is 0 Å². The molecule has 0 aromatic heterocycles. The molecular weight excluding hydrogens is 335 g/mol. The molecule has 2 aromatic carbocycles. The van der Waals surface area contributed by atoms with Crippen molar-refractivity contribution >= 4 is 34.6 Å². The average Bonchev–Trinajstić information content (AvgIpc) is 2.32. The third kappa shape index (κ3) is 3.25. The van der Waals surface area contributed by atoms with Gasteiger partial charge in [0.2, 0.25) is 17.3 Å². The quantitative estimate of drug-likeness (QED) is 0.309. The Kier molecular flexibility index (Phi) is 4.34. The predicted octanol–water partition coefficient (Wildman–Crippen LogP) is 5.48. The summed E-state index contributed by atoms with van der Waals surface area (Å²) < 4.78 is 53.9. The summed E-state index contributed by atoms with van der Waals surface area (Å²) in [6, 6.07) is 2.72. The van der Waals surface area contributed by atoms with Gasteiger partial charge in [-0.1, -0.05) is 23.2 Å². The minimum Gasteiger partial charge on any atom is -0.594 e. The molecular formula is C12H4Cl2F4N2O. The first-order valence-electron chi connectivity index (χ1n) is 5.27. The van der Waals surface area contributed by atoms with E-state index >= 15 is 0 Å². The first-order valence-corrected chi connectivity index (χ1v) is 6.03. The van der Waals surface area contributed by atoms with E-state index in [-0.39, 0.29) is 10.0 Å². The molecule has 0 unspecified atom stereocenters. The Bertz CT molecular complexity index is 706. The van der Waals surface area contributed by atoms with Crippen LogP contribution in [-0.4, -0.2) is 4.86 Å². The van der Waals surface area contributed by atoms with Crippen LogP contribution in [0.4, 0.5) is 28.9 Å². The zero-order valence-electron chi connectivity index (χ0n) is 9.88. The van der Waals surface area contributed by atoms with Crippen molar-refractivity contribution in [2.24, 2.45) is 5.11 Å². The van der Waals surface area contributed by atoms with E-state index in [2.05, 4.69) is 5.11 Å². The molecule has 0 atom stereocenters. The fourth-order valence-corrected chi connectivity index (χ4v) is 1.87. The van der Waals surface area contributed by atoms with Crippen LogP contribution in [0.25, 0.3) is 0 Å². The molecule has 0 bridgehead atoms. The zero-order valence-corrected chi connectivity index (χ0v) is 11.4. The number of benzene rings is 2. The minimum atomic E-state index is -1.33. The van der Waals surface area contributed by atoms with Gasteiger partial charge in [0.25, 0.3) is 0 Å². The Hall–Kier alpha value is -1.86. The van der Waals surface area contributed by atoms with Crippen molar-refractivity contribution in [3.8, 4) is 0 Å². The zero-order chi connectivity index (χ0) is 15.7.